The largest absolute Gasteiger partial charge is 0.469 e. The molecule has 0 aliphatic carbocycles. The third-order valence-electron chi connectivity index (χ3n) is 5.83. The minimum absolute atomic E-state index is 0.0368. The van der Waals surface area contributed by atoms with Crippen molar-refractivity contribution >= 4 is 0 Å². The fraction of sp³-hybridized carbons (Fsp3) is 0.526. The first-order valence-electron chi connectivity index (χ1n) is 8.90. The summed E-state index contributed by atoms with van der Waals surface area (Å²) in [5.41, 5.74) is 2.23. The highest BCUT2D eigenvalue weighted by molar-refractivity contribution is 5.59. The van der Waals surface area contributed by atoms with E-state index >= 15 is 0 Å². The maximum atomic E-state index is 6.41. The van der Waals surface area contributed by atoms with Gasteiger partial charge < -0.3 is 14.5 Å². The molecule has 2 aromatic rings. The van der Waals surface area contributed by atoms with Crippen molar-refractivity contribution in [2.45, 2.75) is 31.4 Å². The van der Waals surface area contributed by atoms with E-state index in [1.165, 1.54) is 31.5 Å². The van der Waals surface area contributed by atoms with Crippen molar-refractivity contribution in [2.75, 3.05) is 26.7 Å². The average molecular weight is 325 g/mol. The molecule has 5 nitrogen and oxygen atoms in total. The van der Waals surface area contributed by atoms with Crippen LogP contribution >= 0.6 is 0 Å². The van der Waals surface area contributed by atoms with E-state index in [4.69, 9.17) is 9.15 Å². The van der Waals surface area contributed by atoms with E-state index in [-0.39, 0.29) is 5.60 Å². The number of fused-ring (bicyclic) bond motifs is 3. The third-order valence-corrected chi connectivity index (χ3v) is 5.83. The van der Waals surface area contributed by atoms with E-state index in [9.17, 15) is 0 Å². The van der Waals surface area contributed by atoms with Crippen LogP contribution < -0.4 is 10.1 Å². The number of furan rings is 1. The van der Waals surface area contributed by atoms with Crippen molar-refractivity contribution in [3.05, 3.63) is 35.7 Å². The highest BCUT2D eigenvalue weighted by atomic mass is 16.5. The topological polar surface area (TPSA) is 50.5 Å². The van der Waals surface area contributed by atoms with E-state index < -0.39 is 0 Å². The summed E-state index contributed by atoms with van der Waals surface area (Å²) in [6, 6.07) is 6.25. The summed E-state index contributed by atoms with van der Waals surface area (Å²) in [6.07, 6.45) is 5.37. The Hall–Kier alpha value is -1.85. The molecule has 1 atom stereocenters. The van der Waals surface area contributed by atoms with Gasteiger partial charge in [-0.25, -0.2) is 4.98 Å². The van der Waals surface area contributed by atoms with Gasteiger partial charge in [-0.15, -0.1) is 0 Å². The summed E-state index contributed by atoms with van der Waals surface area (Å²) in [4.78, 5) is 7.15. The van der Waals surface area contributed by atoms with Crippen LogP contribution in [-0.4, -0.2) is 42.2 Å². The maximum Gasteiger partial charge on any atom is 0.217 e. The molecule has 126 valence electrons. The minimum atomic E-state index is -0.0368. The zero-order valence-electron chi connectivity index (χ0n) is 14.0. The molecule has 2 bridgehead atoms. The Morgan fingerprint density at radius 2 is 2.21 bits per heavy atom. The Morgan fingerprint density at radius 3 is 2.96 bits per heavy atom. The van der Waals surface area contributed by atoms with E-state index in [2.05, 4.69) is 21.3 Å². The summed E-state index contributed by atoms with van der Waals surface area (Å²) >= 11 is 0. The molecule has 1 N–H and O–H groups in total. The van der Waals surface area contributed by atoms with Crippen LogP contribution in [0.15, 0.2) is 28.8 Å². The van der Waals surface area contributed by atoms with Gasteiger partial charge >= 0.3 is 0 Å². The molecule has 0 saturated carbocycles. The van der Waals surface area contributed by atoms with Crippen molar-refractivity contribution in [1.29, 1.82) is 0 Å². The molecule has 0 aromatic carbocycles. The average Bonchev–Trinajstić information content (AvgIpc) is 3.19. The smallest absolute Gasteiger partial charge is 0.217 e. The second-order valence-corrected chi connectivity index (χ2v) is 7.38. The molecule has 5 heteroatoms. The Labute approximate surface area is 142 Å². The normalized spacial score (nSPS) is 30.5. The molecule has 2 aromatic heterocycles. The number of hydrogen-bond donors (Lipinski definition) is 1. The van der Waals surface area contributed by atoms with Gasteiger partial charge in [0.15, 0.2) is 0 Å². The predicted molar refractivity (Wildman–Crippen MR) is 90.9 cm³/mol. The van der Waals surface area contributed by atoms with Crippen LogP contribution in [-0.2, 0) is 13.0 Å². The summed E-state index contributed by atoms with van der Waals surface area (Å²) in [5, 5.41) is 3.11. The van der Waals surface area contributed by atoms with Gasteiger partial charge in [-0.3, -0.25) is 4.90 Å². The third kappa shape index (κ3) is 2.19. The SMILES string of the molecule is CNCc1ccc(-c2cnc3c(c2)CC2(CN4CCC2CC4)O3)o1. The number of nitrogens with zero attached hydrogens (tertiary/aromatic N) is 2. The zero-order valence-corrected chi connectivity index (χ0v) is 14.0. The highest BCUT2D eigenvalue weighted by Crippen LogP contribution is 2.46. The first-order chi connectivity index (χ1) is 11.8. The molecule has 0 radical (unpaired) electrons. The van der Waals surface area contributed by atoms with Gasteiger partial charge in [0, 0.05) is 36.2 Å². The van der Waals surface area contributed by atoms with Crippen LogP contribution in [0.25, 0.3) is 11.3 Å². The van der Waals surface area contributed by atoms with Crippen molar-refractivity contribution in [2.24, 2.45) is 5.92 Å². The molecule has 1 spiro atoms. The molecule has 1 unspecified atom stereocenters. The fourth-order valence-electron chi connectivity index (χ4n) is 4.65. The monoisotopic (exact) mass is 325 g/mol. The Balaban J connectivity index is 1.43. The van der Waals surface area contributed by atoms with E-state index in [0.717, 1.165) is 42.5 Å². The van der Waals surface area contributed by atoms with E-state index in [0.29, 0.717) is 5.92 Å². The molecule has 24 heavy (non-hydrogen) atoms. The van der Waals surface area contributed by atoms with Crippen molar-refractivity contribution in [1.82, 2.24) is 15.2 Å². The van der Waals surface area contributed by atoms with E-state index in [1.54, 1.807) is 0 Å². The molecule has 3 fully saturated rings. The number of pyridine rings is 1. The Morgan fingerprint density at radius 1 is 1.33 bits per heavy atom. The predicted octanol–water partition coefficient (Wildman–Crippen LogP) is 2.46. The second-order valence-electron chi connectivity index (χ2n) is 7.38. The fourth-order valence-corrected chi connectivity index (χ4v) is 4.65. The van der Waals surface area contributed by atoms with Gasteiger partial charge in [-0.1, -0.05) is 0 Å². The molecular formula is C19H23N3O2. The zero-order chi connectivity index (χ0) is 16.1. The lowest BCUT2D eigenvalue weighted by Gasteiger charge is -2.50. The van der Waals surface area contributed by atoms with Crippen molar-refractivity contribution < 1.29 is 9.15 Å². The summed E-state index contributed by atoms with van der Waals surface area (Å²) < 4.78 is 12.3. The van der Waals surface area contributed by atoms with Crippen LogP contribution in [0, 0.1) is 5.92 Å². The molecule has 4 aliphatic rings. The lowest BCUT2D eigenvalue weighted by atomic mass is 9.73. The van der Waals surface area contributed by atoms with Gasteiger partial charge in [-0.2, -0.15) is 0 Å². The van der Waals surface area contributed by atoms with Gasteiger partial charge in [0.05, 0.1) is 6.54 Å². The van der Waals surface area contributed by atoms with Gasteiger partial charge in [0.2, 0.25) is 5.88 Å². The van der Waals surface area contributed by atoms with Gasteiger partial charge in [0.1, 0.15) is 17.1 Å². The first kappa shape index (κ1) is 14.5. The highest BCUT2D eigenvalue weighted by Gasteiger charge is 2.52. The molecule has 3 saturated heterocycles. The maximum absolute atomic E-state index is 6.41. The van der Waals surface area contributed by atoms with Crippen LogP contribution in [0.1, 0.15) is 24.2 Å². The lowest BCUT2D eigenvalue weighted by molar-refractivity contribution is -0.0814. The number of rotatable bonds is 3. The molecular weight excluding hydrogens is 302 g/mol. The second kappa shape index (κ2) is 5.33. The van der Waals surface area contributed by atoms with Crippen LogP contribution in [0.2, 0.25) is 0 Å². The summed E-state index contributed by atoms with van der Waals surface area (Å²) in [5.74, 6) is 3.32. The van der Waals surface area contributed by atoms with Crippen LogP contribution in [0.4, 0.5) is 0 Å². The molecule has 0 amide bonds. The number of piperidine rings is 3. The first-order valence-corrected chi connectivity index (χ1v) is 8.90. The Bertz CT molecular complexity index is 764. The number of aromatic nitrogens is 1. The van der Waals surface area contributed by atoms with Crippen molar-refractivity contribution in [3.63, 3.8) is 0 Å². The number of ether oxygens (including phenoxy) is 1. The molecule has 6 heterocycles. The standard InChI is InChI=1S/C19H23N3O2/c1-20-11-16-2-3-17(23-16)14-8-13-9-19(24-18(13)21-10-14)12-22-6-4-15(19)5-7-22/h2-3,8,10,15,20H,4-7,9,11-12H2,1H3. The quantitative estimate of drug-likeness (QED) is 0.939. The Kier molecular flexibility index (Phi) is 3.22. The number of hydrogen-bond acceptors (Lipinski definition) is 5. The number of nitrogens with one attached hydrogen (secondary N) is 1. The van der Waals surface area contributed by atoms with Crippen LogP contribution in [0.5, 0.6) is 5.88 Å². The van der Waals surface area contributed by atoms with Crippen LogP contribution in [0.3, 0.4) is 0 Å². The molecule has 4 aliphatic heterocycles. The van der Waals surface area contributed by atoms with Gasteiger partial charge in [0.25, 0.3) is 0 Å². The summed E-state index contributed by atoms with van der Waals surface area (Å²) in [6.45, 7) is 4.25. The molecule has 6 rings (SSSR count). The van der Waals surface area contributed by atoms with Crippen molar-refractivity contribution in [3.8, 4) is 17.2 Å². The minimum Gasteiger partial charge on any atom is -0.469 e. The van der Waals surface area contributed by atoms with Gasteiger partial charge in [-0.05, 0) is 51.2 Å². The van der Waals surface area contributed by atoms with E-state index in [1.807, 2.05) is 25.4 Å². The lowest BCUT2D eigenvalue weighted by Crippen LogP contribution is -2.61. The summed E-state index contributed by atoms with van der Waals surface area (Å²) in [7, 11) is 1.92.